The number of carbonyl (C=O) groups excluding carboxylic acids is 1. The molecule has 2 heteroatoms. The number of amides is 1. The van der Waals surface area contributed by atoms with Gasteiger partial charge >= 0.3 is 0 Å². The van der Waals surface area contributed by atoms with Crippen LogP contribution < -0.4 is 5.32 Å². The molecule has 0 bridgehead atoms. The summed E-state index contributed by atoms with van der Waals surface area (Å²) in [6, 6.07) is 18.5. The van der Waals surface area contributed by atoms with Crippen LogP contribution in [0.2, 0.25) is 0 Å². The molecule has 0 aliphatic rings. The number of hydrogen-bond donors (Lipinski definition) is 1. The van der Waals surface area contributed by atoms with Crippen molar-refractivity contribution >= 4 is 5.91 Å². The maximum absolute atomic E-state index is 12.0. The van der Waals surface area contributed by atoms with Gasteiger partial charge in [0.25, 0.3) is 0 Å². The normalized spacial score (nSPS) is 11.9. The lowest BCUT2D eigenvalue weighted by atomic mass is 9.97. The monoisotopic (exact) mass is 281 g/mol. The zero-order chi connectivity index (χ0) is 15.1. The second-order valence-electron chi connectivity index (χ2n) is 5.76. The molecule has 2 nitrogen and oxygen atoms in total. The molecule has 21 heavy (non-hydrogen) atoms. The zero-order valence-electron chi connectivity index (χ0n) is 12.8. The van der Waals surface area contributed by atoms with E-state index in [1.165, 1.54) is 11.1 Å². The summed E-state index contributed by atoms with van der Waals surface area (Å²) in [5.41, 5.74) is 3.70. The van der Waals surface area contributed by atoms with Crippen molar-refractivity contribution in [3.63, 3.8) is 0 Å². The van der Waals surface area contributed by atoms with Gasteiger partial charge in [0.05, 0.1) is 0 Å². The minimum atomic E-state index is 0.124. The van der Waals surface area contributed by atoms with Crippen LogP contribution in [0.1, 0.15) is 30.0 Å². The van der Waals surface area contributed by atoms with Gasteiger partial charge in [0, 0.05) is 13.0 Å². The molecule has 0 heterocycles. The first-order valence-corrected chi connectivity index (χ1v) is 7.49. The Morgan fingerprint density at radius 3 is 2.33 bits per heavy atom. The van der Waals surface area contributed by atoms with E-state index in [0.717, 1.165) is 12.0 Å². The Hall–Kier alpha value is -2.09. The van der Waals surface area contributed by atoms with Crippen molar-refractivity contribution in [2.75, 3.05) is 0 Å². The molecule has 0 radical (unpaired) electrons. The van der Waals surface area contributed by atoms with E-state index < -0.39 is 0 Å². The first-order chi connectivity index (χ1) is 10.1. The molecule has 0 saturated carbocycles. The number of aryl methyl sites for hydroxylation is 1. The average molecular weight is 281 g/mol. The van der Waals surface area contributed by atoms with E-state index in [9.17, 15) is 4.79 Å². The van der Waals surface area contributed by atoms with E-state index in [1.54, 1.807) is 0 Å². The number of carbonyl (C=O) groups is 1. The lowest BCUT2D eigenvalue weighted by molar-refractivity contribution is -0.122. The third-order valence-corrected chi connectivity index (χ3v) is 3.57. The molecule has 0 fully saturated rings. The van der Waals surface area contributed by atoms with Gasteiger partial charge in [-0.25, -0.2) is 0 Å². The highest BCUT2D eigenvalue weighted by atomic mass is 16.1. The van der Waals surface area contributed by atoms with Crippen molar-refractivity contribution < 1.29 is 4.79 Å². The molecule has 2 aromatic carbocycles. The van der Waals surface area contributed by atoms with Crippen LogP contribution in [0.15, 0.2) is 54.6 Å². The van der Waals surface area contributed by atoms with Gasteiger partial charge in [0.1, 0.15) is 0 Å². The van der Waals surface area contributed by atoms with Crippen molar-refractivity contribution in [3.05, 3.63) is 71.3 Å². The Bertz CT molecular complexity index is 560. The van der Waals surface area contributed by atoms with Gasteiger partial charge in [0.15, 0.2) is 0 Å². The summed E-state index contributed by atoms with van der Waals surface area (Å²) in [6.07, 6.45) is 1.51. The molecule has 0 aliphatic heterocycles. The van der Waals surface area contributed by atoms with Crippen LogP contribution in [0.3, 0.4) is 0 Å². The number of nitrogens with one attached hydrogen (secondary N) is 1. The molecule has 0 aliphatic carbocycles. The molecule has 110 valence electrons. The Labute approximate surface area is 127 Å². The van der Waals surface area contributed by atoms with Crippen LogP contribution in [-0.4, -0.2) is 5.91 Å². The van der Waals surface area contributed by atoms with Crippen molar-refractivity contribution in [1.29, 1.82) is 0 Å². The number of hydrogen-bond acceptors (Lipinski definition) is 1. The van der Waals surface area contributed by atoms with Crippen molar-refractivity contribution in [3.8, 4) is 0 Å². The second kappa shape index (κ2) is 7.63. The Morgan fingerprint density at radius 1 is 1.00 bits per heavy atom. The van der Waals surface area contributed by atoms with E-state index >= 15 is 0 Å². The van der Waals surface area contributed by atoms with Crippen molar-refractivity contribution in [1.82, 2.24) is 5.32 Å². The average Bonchev–Trinajstić information content (AvgIpc) is 2.48. The number of benzene rings is 2. The third kappa shape index (κ3) is 5.42. The van der Waals surface area contributed by atoms with E-state index in [1.807, 2.05) is 30.3 Å². The minimum absolute atomic E-state index is 0.124. The molecule has 2 rings (SSSR count). The Morgan fingerprint density at radius 2 is 1.67 bits per heavy atom. The molecule has 2 aromatic rings. The highest BCUT2D eigenvalue weighted by molar-refractivity contribution is 5.76. The summed E-state index contributed by atoms with van der Waals surface area (Å²) in [4.78, 5) is 12.0. The molecule has 0 unspecified atom stereocenters. The summed E-state index contributed by atoms with van der Waals surface area (Å²) in [7, 11) is 0. The molecular formula is C19H23NO. The maximum atomic E-state index is 12.0. The summed E-state index contributed by atoms with van der Waals surface area (Å²) in [5, 5.41) is 2.99. The van der Waals surface area contributed by atoms with Crippen LogP contribution in [0.5, 0.6) is 0 Å². The SMILES string of the molecule is Cc1ccc(C[C@@H](C)CC(=O)NCc2ccccc2)cc1. The van der Waals surface area contributed by atoms with Crippen LogP contribution in [-0.2, 0) is 17.8 Å². The van der Waals surface area contributed by atoms with Gasteiger partial charge in [0.2, 0.25) is 5.91 Å². The third-order valence-electron chi connectivity index (χ3n) is 3.57. The van der Waals surface area contributed by atoms with E-state index in [0.29, 0.717) is 18.9 Å². The smallest absolute Gasteiger partial charge is 0.220 e. The minimum Gasteiger partial charge on any atom is -0.352 e. The molecule has 1 amide bonds. The van der Waals surface area contributed by atoms with Crippen LogP contribution in [0.4, 0.5) is 0 Å². The second-order valence-corrected chi connectivity index (χ2v) is 5.76. The summed E-state index contributed by atoms with van der Waals surface area (Å²) >= 11 is 0. The predicted octanol–water partition coefficient (Wildman–Crippen LogP) is 3.88. The zero-order valence-corrected chi connectivity index (χ0v) is 12.8. The molecule has 0 saturated heterocycles. The molecule has 1 N–H and O–H groups in total. The van der Waals surface area contributed by atoms with Gasteiger partial charge < -0.3 is 5.32 Å². The first kappa shape index (κ1) is 15.3. The van der Waals surface area contributed by atoms with Crippen molar-refractivity contribution in [2.24, 2.45) is 5.92 Å². The van der Waals surface area contributed by atoms with Crippen molar-refractivity contribution in [2.45, 2.75) is 33.2 Å². The highest BCUT2D eigenvalue weighted by Crippen LogP contribution is 2.13. The van der Waals surface area contributed by atoms with Gasteiger partial charge in [-0.15, -0.1) is 0 Å². The fraction of sp³-hybridized carbons (Fsp3) is 0.316. The van der Waals surface area contributed by atoms with Gasteiger partial charge in [-0.2, -0.15) is 0 Å². The Balaban J connectivity index is 1.75. The van der Waals surface area contributed by atoms with Gasteiger partial charge in [-0.3, -0.25) is 4.79 Å². The summed E-state index contributed by atoms with van der Waals surface area (Å²) in [6.45, 7) is 4.82. The Kier molecular flexibility index (Phi) is 5.56. The lowest BCUT2D eigenvalue weighted by Crippen LogP contribution is -2.25. The van der Waals surface area contributed by atoms with E-state index in [2.05, 4.69) is 43.4 Å². The standard InChI is InChI=1S/C19H23NO/c1-15-8-10-17(11-9-15)12-16(2)13-19(21)20-14-18-6-4-3-5-7-18/h3-11,16H,12-14H2,1-2H3,(H,20,21)/t16-/m1/s1. The predicted molar refractivity (Wildman–Crippen MR) is 87.0 cm³/mol. The topological polar surface area (TPSA) is 29.1 Å². The summed E-state index contributed by atoms with van der Waals surface area (Å²) in [5.74, 6) is 0.474. The molecular weight excluding hydrogens is 258 g/mol. The van der Waals surface area contributed by atoms with Crippen LogP contribution in [0.25, 0.3) is 0 Å². The molecule has 1 atom stereocenters. The molecule has 0 spiro atoms. The first-order valence-electron chi connectivity index (χ1n) is 7.49. The molecule has 0 aromatic heterocycles. The lowest BCUT2D eigenvalue weighted by Gasteiger charge is -2.12. The van der Waals surface area contributed by atoms with Crippen LogP contribution in [0, 0.1) is 12.8 Å². The van der Waals surface area contributed by atoms with Gasteiger partial charge in [-0.1, -0.05) is 67.1 Å². The fourth-order valence-electron chi connectivity index (χ4n) is 2.38. The number of rotatable bonds is 6. The quantitative estimate of drug-likeness (QED) is 0.855. The summed E-state index contributed by atoms with van der Waals surface area (Å²) < 4.78 is 0. The van der Waals surface area contributed by atoms with E-state index in [4.69, 9.17) is 0 Å². The largest absolute Gasteiger partial charge is 0.352 e. The van der Waals surface area contributed by atoms with E-state index in [-0.39, 0.29) is 5.91 Å². The maximum Gasteiger partial charge on any atom is 0.220 e. The highest BCUT2D eigenvalue weighted by Gasteiger charge is 2.09. The van der Waals surface area contributed by atoms with Crippen LogP contribution >= 0.6 is 0 Å². The fourth-order valence-corrected chi connectivity index (χ4v) is 2.38. The van der Waals surface area contributed by atoms with Gasteiger partial charge in [-0.05, 0) is 30.4 Å².